The number of piperazine rings is 1. The first-order valence-electron chi connectivity index (χ1n) is 10.9. The quantitative estimate of drug-likeness (QED) is 0.583. The molecule has 32 heavy (non-hydrogen) atoms. The molecule has 0 atom stereocenters. The van der Waals surface area contributed by atoms with Crippen LogP contribution in [0.3, 0.4) is 0 Å². The van der Waals surface area contributed by atoms with E-state index in [-0.39, 0.29) is 11.7 Å². The molecule has 4 rings (SSSR count). The van der Waals surface area contributed by atoms with Gasteiger partial charge < -0.3 is 0 Å². The number of rotatable bonds is 7. The molecule has 1 aliphatic heterocycles. The molecule has 0 saturated carbocycles. The van der Waals surface area contributed by atoms with Gasteiger partial charge in [0.2, 0.25) is 0 Å². The van der Waals surface area contributed by atoms with E-state index in [0.717, 1.165) is 49.8 Å². The van der Waals surface area contributed by atoms with Gasteiger partial charge in [0.25, 0.3) is 5.91 Å². The molecule has 2 aromatic heterocycles. The molecule has 0 radical (unpaired) electrons. The van der Waals surface area contributed by atoms with Crippen molar-refractivity contribution in [3.63, 3.8) is 0 Å². The Kier molecular flexibility index (Phi) is 6.78. The number of carbonyl (C=O) groups excluding carboxylic acids is 2. The number of aromatic nitrogens is 2. The Bertz CT molecular complexity index is 1070. The van der Waals surface area contributed by atoms with E-state index >= 15 is 0 Å². The number of hydrogen-bond donors (Lipinski definition) is 1. The molecule has 0 aliphatic carbocycles. The SMILES string of the molecule is Cc1cc(C(=O)CN2CCN(Cc3ccccn3)CC2)c(C)n1NC(=O)c1ccccc1. The topological polar surface area (TPSA) is 70.5 Å². The number of nitrogens with one attached hydrogen (secondary N) is 1. The van der Waals surface area contributed by atoms with Gasteiger partial charge in [-0.1, -0.05) is 24.3 Å². The van der Waals surface area contributed by atoms with E-state index in [1.165, 1.54) is 0 Å². The Balaban J connectivity index is 1.34. The number of amides is 1. The van der Waals surface area contributed by atoms with E-state index in [0.29, 0.717) is 17.7 Å². The molecule has 1 aromatic carbocycles. The second-order valence-electron chi connectivity index (χ2n) is 8.22. The maximum absolute atomic E-state index is 13.0. The van der Waals surface area contributed by atoms with Crippen LogP contribution in [0.25, 0.3) is 0 Å². The van der Waals surface area contributed by atoms with Crippen molar-refractivity contribution in [3.05, 3.63) is 89.0 Å². The van der Waals surface area contributed by atoms with Crippen molar-refractivity contribution < 1.29 is 9.59 Å². The van der Waals surface area contributed by atoms with Crippen LogP contribution in [0.15, 0.2) is 60.8 Å². The summed E-state index contributed by atoms with van der Waals surface area (Å²) < 4.78 is 1.70. The summed E-state index contributed by atoms with van der Waals surface area (Å²) in [5.74, 6) is -0.119. The van der Waals surface area contributed by atoms with Crippen molar-refractivity contribution >= 4 is 11.7 Å². The standard InChI is InChI=1S/C25H29N5O2/c1-19-16-23(20(2)30(19)27-25(32)21-8-4-3-5-9-21)24(31)18-29-14-12-28(13-15-29)17-22-10-6-7-11-26-22/h3-11,16H,12-15,17-18H2,1-2H3,(H,27,32). The van der Waals surface area contributed by atoms with E-state index in [9.17, 15) is 9.59 Å². The van der Waals surface area contributed by atoms with Crippen LogP contribution >= 0.6 is 0 Å². The van der Waals surface area contributed by atoms with Crippen LogP contribution in [-0.2, 0) is 6.54 Å². The molecule has 1 amide bonds. The van der Waals surface area contributed by atoms with Gasteiger partial charge in [-0.05, 0) is 44.2 Å². The molecule has 0 unspecified atom stereocenters. The van der Waals surface area contributed by atoms with Crippen molar-refractivity contribution in [1.29, 1.82) is 0 Å². The van der Waals surface area contributed by atoms with Crippen LogP contribution in [0, 0.1) is 13.8 Å². The second kappa shape index (κ2) is 9.89. The molecule has 7 nitrogen and oxygen atoms in total. The minimum Gasteiger partial charge on any atom is -0.295 e. The molecule has 0 spiro atoms. The lowest BCUT2D eigenvalue weighted by Gasteiger charge is -2.34. The number of pyridine rings is 1. The fourth-order valence-electron chi connectivity index (χ4n) is 4.09. The predicted octanol–water partition coefficient (Wildman–Crippen LogP) is 2.88. The second-order valence-corrected chi connectivity index (χ2v) is 8.22. The number of aryl methyl sites for hydroxylation is 1. The third-order valence-electron chi connectivity index (χ3n) is 5.92. The summed E-state index contributed by atoms with van der Waals surface area (Å²) in [5.41, 5.74) is 6.80. The third-order valence-corrected chi connectivity index (χ3v) is 5.92. The lowest BCUT2D eigenvalue weighted by Crippen LogP contribution is -2.47. The predicted molar refractivity (Wildman–Crippen MR) is 124 cm³/mol. The summed E-state index contributed by atoms with van der Waals surface area (Å²) in [6.45, 7) is 8.51. The van der Waals surface area contributed by atoms with Gasteiger partial charge in [-0.3, -0.25) is 34.5 Å². The highest BCUT2D eigenvalue weighted by molar-refractivity contribution is 6.01. The minimum atomic E-state index is -0.199. The van der Waals surface area contributed by atoms with E-state index in [1.807, 2.05) is 62.5 Å². The van der Waals surface area contributed by atoms with Crippen LogP contribution in [-0.4, -0.2) is 63.9 Å². The van der Waals surface area contributed by atoms with Gasteiger partial charge in [-0.15, -0.1) is 0 Å². The van der Waals surface area contributed by atoms with Crippen LogP contribution < -0.4 is 5.43 Å². The van der Waals surface area contributed by atoms with E-state index in [4.69, 9.17) is 0 Å². The lowest BCUT2D eigenvalue weighted by atomic mass is 10.1. The van der Waals surface area contributed by atoms with Gasteiger partial charge in [0.1, 0.15) is 0 Å². The van der Waals surface area contributed by atoms with Crippen LogP contribution in [0.5, 0.6) is 0 Å². The number of ketones is 1. The van der Waals surface area contributed by atoms with Crippen molar-refractivity contribution in [2.45, 2.75) is 20.4 Å². The highest BCUT2D eigenvalue weighted by Gasteiger charge is 2.23. The van der Waals surface area contributed by atoms with Gasteiger partial charge in [-0.2, -0.15) is 0 Å². The summed E-state index contributed by atoms with van der Waals surface area (Å²) >= 11 is 0. The van der Waals surface area contributed by atoms with Crippen molar-refractivity contribution in [3.8, 4) is 0 Å². The van der Waals surface area contributed by atoms with E-state index in [1.54, 1.807) is 16.8 Å². The molecule has 1 aliphatic rings. The number of Topliss-reactive ketones (excluding diaryl/α,β-unsaturated/α-hetero) is 1. The zero-order valence-electron chi connectivity index (χ0n) is 18.6. The van der Waals surface area contributed by atoms with Crippen LogP contribution in [0.4, 0.5) is 0 Å². The number of nitrogens with zero attached hydrogens (tertiary/aromatic N) is 4. The van der Waals surface area contributed by atoms with Gasteiger partial charge in [0, 0.05) is 61.4 Å². The maximum atomic E-state index is 13.0. The molecule has 1 N–H and O–H groups in total. The number of carbonyl (C=O) groups is 2. The molecule has 1 fully saturated rings. The first-order chi connectivity index (χ1) is 15.5. The molecule has 3 aromatic rings. The van der Waals surface area contributed by atoms with Crippen LogP contribution in [0.1, 0.15) is 37.8 Å². The molecular weight excluding hydrogens is 402 g/mol. The Morgan fingerprint density at radius 2 is 1.62 bits per heavy atom. The highest BCUT2D eigenvalue weighted by Crippen LogP contribution is 2.16. The maximum Gasteiger partial charge on any atom is 0.270 e. The monoisotopic (exact) mass is 431 g/mol. The molecule has 166 valence electrons. The zero-order chi connectivity index (χ0) is 22.5. The van der Waals surface area contributed by atoms with E-state index < -0.39 is 0 Å². The van der Waals surface area contributed by atoms with Gasteiger partial charge in [-0.25, -0.2) is 0 Å². The largest absolute Gasteiger partial charge is 0.295 e. The third kappa shape index (κ3) is 5.12. The smallest absolute Gasteiger partial charge is 0.270 e. The number of hydrogen-bond acceptors (Lipinski definition) is 5. The summed E-state index contributed by atoms with van der Waals surface area (Å²) in [6, 6.07) is 16.9. The molecular formula is C25H29N5O2. The zero-order valence-corrected chi connectivity index (χ0v) is 18.6. The first kappa shape index (κ1) is 21.9. The average molecular weight is 432 g/mol. The van der Waals surface area contributed by atoms with Gasteiger partial charge in [0.15, 0.2) is 5.78 Å². The van der Waals surface area contributed by atoms with Crippen molar-refractivity contribution in [2.24, 2.45) is 0 Å². The fourth-order valence-corrected chi connectivity index (χ4v) is 4.09. The van der Waals surface area contributed by atoms with Gasteiger partial charge in [0.05, 0.1) is 12.2 Å². The van der Waals surface area contributed by atoms with E-state index in [2.05, 4.69) is 20.2 Å². The summed E-state index contributed by atoms with van der Waals surface area (Å²) in [7, 11) is 0. The molecule has 3 heterocycles. The first-order valence-corrected chi connectivity index (χ1v) is 10.9. The van der Waals surface area contributed by atoms with Crippen LogP contribution in [0.2, 0.25) is 0 Å². The fraction of sp³-hybridized carbons (Fsp3) is 0.320. The normalized spacial score (nSPS) is 14.9. The average Bonchev–Trinajstić information content (AvgIpc) is 3.10. The van der Waals surface area contributed by atoms with Crippen molar-refractivity contribution in [2.75, 3.05) is 38.1 Å². The van der Waals surface area contributed by atoms with Gasteiger partial charge >= 0.3 is 0 Å². The summed E-state index contributed by atoms with van der Waals surface area (Å²) in [6.07, 6.45) is 1.82. The highest BCUT2D eigenvalue weighted by atomic mass is 16.2. The Morgan fingerprint density at radius 1 is 0.938 bits per heavy atom. The Labute approximate surface area is 188 Å². The molecule has 7 heteroatoms. The summed E-state index contributed by atoms with van der Waals surface area (Å²) in [5, 5.41) is 0. The molecule has 1 saturated heterocycles. The summed E-state index contributed by atoms with van der Waals surface area (Å²) in [4.78, 5) is 34.5. The number of benzene rings is 1. The Hall–Kier alpha value is -3.29. The Morgan fingerprint density at radius 3 is 2.31 bits per heavy atom. The minimum absolute atomic E-state index is 0.0801. The van der Waals surface area contributed by atoms with Crippen molar-refractivity contribution in [1.82, 2.24) is 19.5 Å². The molecule has 0 bridgehead atoms. The lowest BCUT2D eigenvalue weighted by molar-refractivity contribution is 0.0841.